The summed E-state index contributed by atoms with van der Waals surface area (Å²) in [6.45, 7) is 4.56. The number of carbonyl (C=O) groups excluding carboxylic acids is 1. The van der Waals surface area contributed by atoms with Gasteiger partial charge >= 0.3 is 0 Å². The van der Waals surface area contributed by atoms with E-state index in [4.69, 9.17) is 4.74 Å². The maximum Gasteiger partial charge on any atom is 0.233 e. The number of thioether (sulfide) groups is 1. The Morgan fingerprint density at radius 2 is 1.71 bits per heavy atom. The highest BCUT2D eigenvalue weighted by molar-refractivity contribution is 8.00. The molecule has 7 nitrogen and oxygen atoms in total. The molecule has 8 heteroatoms. The van der Waals surface area contributed by atoms with Crippen LogP contribution in [0.4, 0.5) is 0 Å². The van der Waals surface area contributed by atoms with Crippen molar-refractivity contribution in [3.63, 3.8) is 0 Å². The molecular formula is C26H27N5O2S. The number of rotatable bonds is 9. The molecule has 4 aromatic rings. The van der Waals surface area contributed by atoms with Gasteiger partial charge in [0, 0.05) is 30.2 Å². The van der Waals surface area contributed by atoms with Gasteiger partial charge in [-0.15, -0.1) is 10.2 Å². The summed E-state index contributed by atoms with van der Waals surface area (Å²) < 4.78 is 7.25. The first kappa shape index (κ1) is 23.5. The Morgan fingerprint density at radius 3 is 2.38 bits per heavy atom. The van der Waals surface area contributed by atoms with Crippen LogP contribution in [0.25, 0.3) is 17.1 Å². The average Bonchev–Trinajstić information content (AvgIpc) is 3.31. The van der Waals surface area contributed by atoms with Gasteiger partial charge in [0.1, 0.15) is 5.75 Å². The summed E-state index contributed by atoms with van der Waals surface area (Å²) >= 11 is 1.38. The van der Waals surface area contributed by atoms with Crippen LogP contribution in [0.1, 0.15) is 25.3 Å². The lowest BCUT2D eigenvalue weighted by atomic mass is 10.0. The van der Waals surface area contributed by atoms with Gasteiger partial charge in [0.25, 0.3) is 0 Å². The highest BCUT2D eigenvalue weighted by Gasteiger charge is 2.22. The van der Waals surface area contributed by atoms with Crippen LogP contribution in [-0.4, -0.2) is 44.6 Å². The Bertz CT molecular complexity index is 1210. The molecule has 2 unspecified atom stereocenters. The number of carbonyl (C=O) groups is 1. The largest absolute Gasteiger partial charge is 0.497 e. The number of hydrogen-bond acceptors (Lipinski definition) is 6. The number of hydrogen-bond donors (Lipinski definition) is 1. The van der Waals surface area contributed by atoms with Crippen molar-refractivity contribution in [1.82, 2.24) is 25.1 Å². The third-order valence-corrected chi connectivity index (χ3v) is 6.55. The van der Waals surface area contributed by atoms with E-state index in [0.29, 0.717) is 17.5 Å². The van der Waals surface area contributed by atoms with Crippen LogP contribution in [0.2, 0.25) is 0 Å². The van der Waals surface area contributed by atoms with Crippen molar-refractivity contribution in [2.75, 3.05) is 13.7 Å². The summed E-state index contributed by atoms with van der Waals surface area (Å²) in [7, 11) is 1.64. The van der Waals surface area contributed by atoms with E-state index in [1.165, 1.54) is 17.3 Å². The normalized spacial score (nSPS) is 12.7. The first-order valence-electron chi connectivity index (χ1n) is 11.1. The van der Waals surface area contributed by atoms with Gasteiger partial charge in [-0.1, -0.05) is 49.0 Å². The van der Waals surface area contributed by atoms with Crippen molar-refractivity contribution in [3.8, 4) is 22.8 Å². The molecule has 174 valence electrons. The summed E-state index contributed by atoms with van der Waals surface area (Å²) in [6, 6.07) is 21.6. The second kappa shape index (κ2) is 11.0. The molecular weight excluding hydrogens is 446 g/mol. The Labute approximate surface area is 203 Å². The lowest BCUT2D eigenvalue weighted by Gasteiger charge is -2.16. The van der Waals surface area contributed by atoms with E-state index in [0.717, 1.165) is 17.0 Å². The Balaban J connectivity index is 1.53. The molecule has 0 bridgehead atoms. The summed E-state index contributed by atoms with van der Waals surface area (Å²) in [5.41, 5.74) is 2.97. The molecule has 0 radical (unpaired) electrons. The van der Waals surface area contributed by atoms with Crippen LogP contribution in [-0.2, 0) is 4.79 Å². The van der Waals surface area contributed by atoms with E-state index < -0.39 is 0 Å². The van der Waals surface area contributed by atoms with Crippen LogP contribution in [0.5, 0.6) is 5.75 Å². The van der Waals surface area contributed by atoms with Gasteiger partial charge in [-0.3, -0.25) is 14.3 Å². The minimum Gasteiger partial charge on any atom is -0.497 e. The highest BCUT2D eigenvalue weighted by atomic mass is 32.2. The van der Waals surface area contributed by atoms with Gasteiger partial charge in [-0.05, 0) is 54.8 Å². The molecule has 0 fully saturated rings. The molecule has 1 N–H and O–H groups in total. The number of methoxy groups -OCH3 is 1. The number of benzene rings is 2. The van der Waals surface area contributed by atoms with Crippen LogP contribution in [0.15, 0.2) is 84.3 Å². The van der Waals surface area contributed by atoms with Crippen molar-refractivity contribution < 1.29 is 9.53 Å². The Hall–Kier alpha value is -3.65. The van der Waals surface area contributed by atoms with Crippen molar-refractivity contribution in [2.24, 2.45) is 0 Å². The predicted molar refractivity (Wildman–Crippen MR) is 134 cm³/mol. The molecule has 4 rings (SSSR count). The van der Waals surface area contributed by atoms with Crippen molar-refractivity contribution >= 4 is 17.7 Å². The monoisotopic (exact) mass is 473 g/mol. The molecule has 0 aliphatic carbocycles. The molecule has 2 aromatic carbocycles. The van der Waals surface area contributed by atoms with Crippen molar-refractivity contribution in [3.05, 3.63) is 84.7 Å². The molecule has 0 saturated heterocycles. The second-order valence-corrected chi connectivity index (χ2v) is 9.20. The second-order valence-electron chi connectivity index (χ2n) is 7.89. The standard InChI is InChI=1S/C26H27N5O2S/c1-18(20-7-5-4-6-8-20)17-28-25(32)19(2)34-26-30-29-24(21-13-15-27-16-14-21)31(26)22-9-11-23(33-3)12-10-22/h4-16,18-19H,17H2,1-3H3,(H,28,32). The molecule has 1 amide bonds. The van der Waals surface area contributed by atoms with Crippen LogP contribution >= 0.6 is 11.8 Å². The van der Waals surface area contributed by atoms with Gasteiger partial charge in [0.15, 0.2) is 11.0 Å². The van der Waals surface area contributed by atoms with Crippen molar-refractivity contribution in [1.29, 1.82) is 0 Å². The predicted octanol–water partition coefficient (Wildman–Crippen LogP) is 4.74. The molecule has 0 aliphatic rings. The summed E-state index contributed by atoms with van der Waals surface area (Å²) in [6.07, 6.45) is 3.44. The molecule has 34 heavy (non-hydrogen) atoms. The lowest BCUT2D eigenvalue weighted by Crippen LogP contribution is -2.33. The zero-order valence-corrected chi connectivity index (χ0v) is 20.2. The minimum absolute atomic E-state index is 0.0393. The van der Waals surface area contributed by atoms with Crippen molar-refractivity contribution in [2.45, 2.75) is 30.2 Å². The fourth-order valence-electron chi connectivity index (χ4n) is 3.51. The molecule has 0 saturated carbocycles. The zero-order valence-electron chi connectivity index (χ0n) is 19.4. The third-order valence-electron chi connectivity index (χ3n) is 5.50. The number of amides is 1. The fourth-order valence-corrected chi connectivity index (χ4v) is 4.40. The van der Waals surface area contributed by atoms with E-state index in [1.54, 1.807) is 19.5 Å². The molecule has 0 spiro atoms. The van der Waals surface area contributed by atoms with Crippen LogP contribution < -0.4 is 10.1 Å². The van der Waals surface area contributed by atoms with Gasteiger partial charge < -0.3 is 10.1 Å². The van der Waals surface area contributed by atoms with E-state index in [-0.39, 0.29) is 17.1 Å². The number of ether oxygens (including phenoxy) is 1. The summed E-state index contributed by atoms with van der Waals surface area (Å²) in [4.78, 5) is 17.0. The van der Waals surface area contributed by atoms with Gasteiger partial charge in [0.05, 0.1) is 12.4 Å². The third kappa shape index (κ3) is 5.46. The van der Waals surface area contributed by atoms with Crippen LogP contribution in [0, 0.1) is 0 Å². The first-order valence-corrected chi connectivity index (χ1v) is 11.9. The number of nitrogens with zero attached hydrogens (tertiary/aromatic N) is 4. The van der Waals surface area contributed by atoms with E-state index in [2.05, 4.69) is 39.6 Å². The number of aromatic nitrogens is 4. The van der Waals surface area contributed by atoms with Gasteiger partial charge in [-0.25, -0.2) is 0 Å². The number of pyridine rings is 1. The Kier molecular flexibility index (Phi) is 7.59. The van der Waals surface area contributed by atoms with E-state index in [1.807, 2.05) is 66.1 Å². The molecule has 2 atom stereocenters. The van der Waals surface area contributed by atoms with E-state index >= 15 is 0 Å². The quantitative estimate of drug-likeness (QED) is 0.354. The fraction of sp³-hybridized carbons (Fsp3) is 0.231. The van der Waals surface area contributed by atoms with Crippen LogP contribution in [0.3, 0.4) is 0 Å². The minimum atomic E-state index is -0.352. The summed E-state index contributed by atoms with van der Waals surface area (Å²) in [5, 5.41) is 12.2. The molecule has 2 aromatic heterocycles. The number of nitrogens with one attached hydrogen (secondary N) is 1. The SMILES string of the molecule is COc1ccc(-n2c(SC(C)C(=O)NCC(C)c3ccccc3)nnc2-c2ccncc2)cc1. The summed E-state index contributed by atoms with van der Waals surface area (Å²) in [5.74, 6) is 1.63. The van der Waals surface area contributed by atoms with E-state index in [9.17, 15) is 4.79 Å². The van der Waals surface area contributed by atoms with Gasteiger partial charge in [0.2, 0.25) is 5.91 Å². The topological polar surface area (TPSA) is 81.9 Å². The average molecular weight is 474 g/mol. The zero-order chi connectivity index (χ0) is 23.9. The lowest BCUT2D eigenvalue weighted by molar-refractivity contribution is -0.120. The first-order chi connectivity index (χ1) is 16.6. The maximum atomic E-state index is 12.9. The Morgan fingerprint density at radius 1 is 1.00 bits per heavy atom. The molecule has 0 aliphatic heterocycles. The highest BCUT2D eigenvalue weighted by Crippen LogP contribution is 2.30. The maximum absolute atomic E-state index is 12.9. The molecule has 2 heterocycles. The smallest absolute Gasteiger partial charge is 0.233 e. The van der Waals surface area contributed by atoms with Gasteiger partial charge in [-0.2, -0.15) is 0 Å².